The van der Waals surface area contributed by atoms with Gasteiger partial charge in [-0.15, -0.1) is 11.3 Å². The van der Waals surface area contributed by atoms with Crippen molar-refractivity contribution in [2.75, 3.05) is 6.61 Å². The minimum absolute atomic E-state index is 0.0965. The Balaban J connectivity index is 1.36. The number of aliphatic hydroxyl groups excluding tert-OH is 1. The molecule has 3 aromatic carbocycles. The minimum atomic E-state index is -1.36. The van der Waals surface area contributed by atoms with Gasteiger partial charge in [-0.2, -0.15) is 0 Å². The van der Waals surface area contributed by atoms with Gasteiger partial charge in [-0.1, -0.05) is 66.7 Å². The smallest absolute Gasteiger partial charge is 0.408 e. The van der Waals surface area contributed by atoms with Crippen molar-refractivity contribution in [2.45, 2.75) is 31.5 Å². The fourth-order valence-electron chi connectivity index (χ4n) is 4.58. The molecule has 0 spiro atoms. The summed E-state index contributed by atoms with van der Waals surface area (Å²) in [5.74, 6) is -0.426. The van der Waals surface area contributed by atoms with Crippen LogP contribution in [0.4, 0.5) is 4.79 Å². The van der Waals surface area contributed by atoms with Crippen LogP contribution in [0.5, 0.6) is 0 Å². The predicted molar refractivity (Wildman–Crippen MR) is 150 cm³/mol. The fraction of sp³-hybridized carbons (Fsp3) is 0.200. The first-order valence-corrected chi connectivity index (χ1v) is 13.2. The number of hydrogen-bond donors (Lipinski definition) is 4. The van der Waals surface area contributed by atoms with Crippen molar-refractivity contribution in [1.82, 2.24) is 15.6 Å². The second-order valence-electron chi connectivity index (χ2n) is 9.44. The fourth-order valence-corrected chi connectivity index (χ4v) is 5.56. The zero-order valence-corrected chi connectivity index (χ0v) is 21.8. The molecule has 7 nitrogen and oxygen atoms in total. The van der Waals surface area contributed by atoms with Crippen LogP contribution in [0.25, 0.3) is 21.0 Å². The van der Waals surface area contributed by atoms with Crippen LogP contribution >= 0.6 is 11.3 Å². The van der Waals surface area contributed by atoms with Crippen molar-refractivity contribution >= 4 is 44.3 Å². The number of carbonyl (C=O) groups is 2. The van der Waals surface area contributed by atoms with Gasteiger partial charge in [-0.05, 0) is 41.6 Å². The number of aromatic nitrogens is 1. The third kappa shape index (κ3) is 5.56. The van der Waals surface area contributed by atoms with Gasteiger partial charge in [0.25, 0.3) is 0 Å². The number of fused-ring (bicyclic) bond motifs is 2. The van der Waals surface area contributed by atoms with Crippen LogP contribution in [0.2, 0.25) is 0 Å². The topological polar surface area (TPSA) is 103 Å². The highest BCUT2D eigenvalue weighted by Crippen LogP contribution is 2.27. The number of aromatic amines is 1. The Kier molecular flexibility index (Phi) is 7.44. The molecular formula is C30H29N3O4S. The number of hydrogen-bond acceptors (Lipinski definition) is 5. The Morgan fingerprint density at radius 3 is 2.55 bits per heavy atom. The second-order valence-corrected chi connectivity index (χ2v) is 10.6. The molecule has 194 valence electrons. The molecule has 0 fully saturated rings. The molecule has 2 atom stereocenters. The number of rotatable bonds is 9. The molecule has 0 saturated heterocycles. The van der Waals surface area contributed by atoms with Crippen LogP contribution < -0.4 is 10.6 Å². The second kappa shape index (κ2) is 11.1. The highest BCUT2D eigenvalue weighted by molar-refractivity contribution is 7.19. The maximum absolute atomic E-state index is 13.7. The average Bonchev–Trinajstić information content (AvgIpc) is 3.54. The largest absolute Gasteiger partial charge is 0.444 e. The summed E-state index contributed by atoms with van der Waals surface area (Å²) in [4.78, 5) is 30.8. The van der Waals surface area contributed by atoms with Crippen LogP contribution in [-0.4, -0.2) is 34.2 Å². The van der Waals surface area contributed by atoms with Gasteiger partial charge in [0.15, 0.2) is 0 Å². The highest BCUT2D eigenvalue weighted by Gasteiger charge is 2.37. The van der Waals surface area contributed by atoms with E-state index in [0.717, 1.165) is 37.0 Å². The van der Waals surface area contributed by atoms with Gasteiger partial charge in [0.2, 0.25) is 5.91 Å². The minimum Gasteiger partial charge on any atom is -0.444 e. The molecule has 0 aliphatic carbocycles. The van der Waals surface area contributed by atoms with Crippen molar-refractivity contribution in [2.24, 2.45) is 0 Å². The standard InChI is InChI=1S/C30H29N3O4S/c1-30(16-22-17-31-25-13-7-6-12-24(22)25,28(35)32-26(18-34)20-9-3-2-4-10-20)33-29(36)37-19-23-15-21-11-5-8-14-27(21)38-23/h2-15,17,26,31,34H,16,18-19H2,1H3,(H,32,35)(H,33,36). The van der Waals surface area contributed by atoms with Gasteiger partial charge in [0.05, 0.1) is 12.6 Å². The average molecular weight is 528 g/mol. The Labute approximate surface area is 224 Å². The Morgan fingerprint density at radius 2 is 1.76 bits per heavy atom. The van der Waals surface area contributed by atoms with E-state index in [0.29, 0.717) is 0 Å². The van der Waals surface area contributed by atoms with Gasteiger partial charge >= 0.3 is 6.09 Å². The molecule has 2 unspecified atom stereocenters. The normalized spacial score (nSPS) is 13.6. The highest BCUT2D eigenvalue weighted by atomic mass is 32.1. The number of thiophene rings is 1. The number of alkyl carbamates (subject to hydrolysis) is 1. The molecule has 4 N–H and O–H groups in total. The molecule has 38 heavy (non-hydrogen) atoms. The first-order chi connectivity index (χ1) is 18.4. The summed E-state index contributed by atoms with van der Waals surface area (Å²) in [6.45, 7) is 1.48. The van der Waals surface area contributed by atoms with E-state index in [1.807, 2.05) is 91.1 Å². The maximum Gasteiger partial charge on any atom is 0.408 e. The Hall–Kier alpha value is -4.14. The number of para-hydroxylation sites is 1. The van der Waals surface area contributed by atoms with Crippen molar-refractivity contribution in [1.29, 1.82) is 0 Å². The molecule has 0 bridgehead atoms. The van der Waals surface area contributed by atoms with Crippen LogP contribution in [-0.2, 0) is 22.6 Å². The van der Waals surface area contributed by atoms with Gasteiger partial charge in [0, 0.05) is 33.1 Å². The molecule has 0 radical (unpaired) electrons. The number of ether oxygens (including phenoxy) is 1. The SMILES string of the molecule is CC(Cc1c[nH]c2ccccc12)(NC(=O)OCc1cc2ccccc2s1)C(=O)NC(CO)c1ccccc1. The summed E-state index contributed by atoms with van der Waals surface area (Å²) >= 11 is 1.56. The number of nitrogens with one attached hydrogen (secondary N) is 3. The third-order valence-corrected chi connectivity index (χ3v) is 7.70. The lowest BCUT2D eigenvalue weighted by Crippen LogP contribution is -2.59. The monoisotopic (exact) mass is 527 g/mol. The summed E-state index contributed by atoms with van der Waals surface area (Å²) in [5.41, 5.74) is 1.23. The van der Waals surface area contributed by atoms with Crippen LogP contribution in [0.15, 0.2) is 91.1 Å². The summed E-state index contributed by atoms with van der Waals surface area (Å²) in [5, 5.41) is 17.8. The molecule has 2 aromatic heterocycles. The molecule has 2 heterocycles. The lowest BCUT2D eigenvalue weighted by Gasteiger charge is -2.31. The van der Waals surface area contributed by atoms with E-state index in [2.05, 4.69) is 15.6 Å². The number of aliphatic hydroxyl groups is 1. The third-order valence-electron chi connectivity index (χ3n) is 6.61. The van der Waals surface area contributed by atoms with E-state index in [4.69, 9.17) is 4.74 Å². The summed E-state index contributed by atoms with van der Waals surface area (Å²) in [6, 6.07) is 26.4. The quantitative estimate of drug-likeness (QED) is 0.204. The number of benzene rings is 3. The summed E-state index contributed by atoms with van der Waals surface area (Å²) < 4.78 is 6.67. The molecule has 2 amide bonds. The summed E-state index contributed by atoms with van der Waals surface area (Å²) in [7, 11) is 0. The van der Waals surface area contributed by atoms with E-state index in [1.54, 1.807) is 18.3 Å². The van der Waals surface area contributed by atoms with Gasteiger partial charge < -0.3 is 25.5 Å². The van der Waals surface area contributed by atoms with Crippen LogP contribution in [0.3, 0.4) is 0 Å². The molecule has 8 heteroatoms. The maximum atomic E-state index is 13.7. The molecule has 0 aliphatic rings. The zero-order valence-electron chi connectivity index (χ0n) is 20.9. The van der Waals surface area contributed by atoms with E-state index in [1.165, 1.54) is 0 Å². The van der Waals surface area contributed by atoms with Gasteiger partial charge in [-0.25, -0.2) is 4.79 Å². The lowest BCUT2D eigenvalue weighted by atomic mass is 9.91. The number of carbonyl (C=O) groups excluding carboxylic acids is 2. The first kappa shape index (κ1) is 25.5. The lowest BCUT2D eigenvalue weighted by molar-refractivity contribution is -0.128. The first-order valence-electron chi connectivity index (χ1n) is 12.4. The van der Waals surface area contributed by atoms with Crippen LogP contribution in [0, 0.1) is 0 Å². The zero-order chi connectivity index (χ0) is 26.5. The van der Waals surface area contributed by atoms with E-state index in [-0.39, 0.29) is 19.6 Å². The van der Waals surface area contributed by atoms with Crippen molar-refractivity contribution < 1.29 is 19.4 Å². The Bertz CT molecular complexity index is 1530. The Morgan fingerprint density at radius 1 is 1.03 bits per heavy atom. The summed E-state index contributed by atoms with van der Waals surface area (Å²) in [6.07, 6.45) is 1.37. The van der Waals surface area contributed by atoms with E-state index in [9.17, 15) is 14.7 Å². The van der Waals surface area contributed by atoms with Crippen LogP contribution in [0.1, 0.15) is 29.0 Å². The van der Waals surface area contributed by atoms with Crippen molar-refractivity contribution in [3.8, 4) is 0 Å². The molecule has 0 saturated carbocycles. The van der Waals surface area contributed by atoms with Gasteiger partial charge in [-0.3, -0.25) is 4.79 Å². The van der Waals surface area contributed by atoms with Crippen molar-refractivity contribution in [3.05, 3.63) is 107 Å². The van der Waals surface area contributed by atoms with Gasteiger partial charge in [0.1, 0.15) is 12.1 Å². The molecule has 5 aromatic rings. The van der Waals surface area contributed by atoms with E-state index >= 15 is 0 Å². The predicted octanol–water partition coefficient (Wildman–Crippen LogP) is 5.46. The molecule has 0 aliphatic heterocycles. The van der Waals surface area contributed by atoms with Crippen molar-refractivity contribution in [3.63, 3.8) is 0 Å². The number of H-pyrrole nitrogens is 1. The van der Waals surface area contributed by atoms with E-state index < -0.39 is 23.6 Å². The number of amides is 2. The molecular weight excluding hydrogens is 498 g/mol. The molecule has 5 rings (SSSR count).